The summed E-state index contributed by atoms with van der Waals surface area (Å²) in [6.07, 6.45) is 0. The van der Waals surface area contributed by atoms with Crippen LogP contribution in [0.15, 0.2) is 35.2 Å². The van der Waals surface area contributed by atoms with Crippen molar-refractivity contribution in [2.24, 2.45) is 0 Å². The van der Waals surface area contributed by atoms with Gasteiger partial charge in [0.2, 0.25) is 0 Å². The molecular weight excluding hydrogens is 143 g/mol. The number of hydrogen-bond donors (Lipinski definition) is 0. The van der Waals surface area contributed by atoms with Crippen molar-refractivity contribution in [3.8, 4) is 0 Å². The lowest BCUT2D eigenvalue weighted by Crippen LogP contribution is -1.71. The smallest absolute Gasteiger partial charge is 0.239 e. The maximum absolute atomic E-state index is 2.25. The number of benzene rings is 1. The van der Waals surface area contributed by atoms with E-state index in [4.69, 9.17) is 0 Å². The van der Waals surface area contributed by atoms with Gasteiger partial charge in [-0.25, -0.2) is 10.1 Å². The summed E-state index contributed by atoms with van der Waals surface area (Å²) in [5, 5.41) is 0. The largest absolute Gasteiger partial charge is 0.305 e. The molecule has 0 saturated carbocycles. The third-order valence-corrected chi connectivity index (χ3v) is 3.30. The Bertz CT molecular complexity index is 162. The van der Waals surface area contributed by atoms with E-state index in [0.717, 1.165) is 0 Å². The quantitative estimate of drug-likeness (QED) is 0.585. The van der Waals surface area contributed by atoms with Gasteiger partial charge < -0.3 is 0 Å². The van der Waals surface area contributed by atoms with Crippen molar-refractivity contribution >= 4 is 24.2 Å². The Balaban J connectivity index is 2.61. The van der Waals surface area contributed by atoms with Gasteiger partial charge in [0.1, 0.15) is 0 Å². The minimum atomic E-state index is 0.542. The maximum Gasteiger partial charge on any atom is 0.305 e. The lowest BCUT2D eigenvalue weighted by Gasteiger charge is -1.93. The fraction of sp³-hybridized carbons (Fsp3) is 0.143. The van der Waals surface area contributed by atoms with E-state index < -0.39 is 0 Å². The van der Waals surface area contributed by atoms with Crippen LogP contribution in [0.5, 0.6) is 0 Å². The molecule has 0 aliphatic heterocycles. The number of hydrogen-bond acceptors (Lipinski definition) is 1. The summed E-state index contributed by atoms with van der Waals surface area (Å²) >= 11 is 0.542. The fourth-order valence-electron chi connectivity index (χ4n) is 0.635. The zero-order valence-electron chi connectivity index (χ0n) is 5.37. The second-order valence-corrected chi connectivity index (χ2v) is 4.97. The summed E-state index contributed by atoms with van der Waals surface area (Å²) in [4.78, 5) is 1.40. The highest BCUT2D eigenvalue weighted by Gasteiger charge is 1.86. The first-order chi connectivity index (χ1) is 4.43. The molecule has 9 heavy (non-hydrogen) atoms. The topological polar surface area (TPSA) is 0 Å². The van der Waals surface area contributed by atoms with Crippen LogP contribution in [0.2, 0.25) is 5.79 Å². The van der Waals surface area contributed by atoms with Crippen LogP contribution in [-0.4, -0.2) is 14.1 Å². The summed E-state index contributed by atoms with van der Waals surface area (Å²) < 4.78 is 0. The third kappa shape index (κ3) is 2.45. The van der Waals surface area contributed by atoms with Crippen LogP contribution < -0.4 is 0 Å². The van der Waals surface area contributed by atoms with Crippen molar-refractivity contribution in [3.63, 3.8) is 0 Å². The molecule has 1 aromatic carbocycles. The highest BCUT2D eigenvalue weighted by molar-refractivity contribution is 8.22. The van der Waals surface area contributed by atoms with Crippen LogP contribution >= 0.6 is 10.1 Å². The van der Waals surface area contributed by atoms with E-state index in [1.807, 2.05) is 10.1 Å². The van der Waals surface area contributed by atoms with Crippen molar-refractivity contribution in [3.05, 3.63) is 30.3 Å². The summed E-state index contributed by atoms with van der Waals surface area (Å²) in [7, 11) is 1.96. The van der Waals surface area contributed by atoms with Gasteiger partial charge in [0.25, 0.3) is 0 Å². The molecule has 1 aromatic rings. The molecule has 1 rings (SSSR count). The van der Waals surface area contributed by atoms with Crippen molar-refractivity contribution in [1.82, 2.24) is 0 Å². The Labute approximate surface area is 65.4 Å². The lowest BCUT2D eigenvalue weighted by atomic mass is 10.4. The first-order valence-electron chi connectivity index (χ1n) is 2.93. The lowest BCUT2D eigenvalue weighted by molar-refractivity contribution is 1.48. The summed E-state index contributed by atoms with van der Waals surface area (Å²) in [5.74, 6) is 2.25. The molecular formula is C7H8AlS. The predicted octanol–water partition coefficient (Wildman–Crippen LogP) is 2.45. The average Bonchev–Trinajstić information content (AvgIpc) is 1.91. The van der Waals surface area contributed by atoms with E-state index >= 15 is 0 Å². The van der Waals surface area contributed by atoms with E-state index in [9.17, 15) is 0 Å². The predicted molar refractivity (Wildman–Crippen MR) is 43.9 cm³/mol. The monoisotopic (exact) mass is 151 g/mol. The van der Waals surface area contributed by atoms with Gasteiger partial charge in [-0.1, -0.05) is 30.3 Å². The number of rotatable bonds is 2. The van der Waals surface area contributed by atoms with E-state index in [0.29, 0.717) is 14.1 Å². The van der Waals surface area contributed by atoms with Gasteiger partial charge in [-0.15, -0.1) is 5.79 Å². The molecule has 0 aliphatic rings. The molecule has 45 valence electrons. The standard InChI is InChI=1S/C6H6S.CH3.Al/c7-6-4-2-1-3-5-6;;/h1-5,7H;1H3;/q;;+1/p-1. The zero-order valence-corrected chi connectivity index (χ0v) is 7.34. The molecule has 2 heteroatoms. The van der Waals surface area contributed by atoms with Gasteiger partial charge in [0, 0.05) is 0 Å². The Morgan fingerprint density at radius 1 is 1.22 bits per heavy atom. The van der Waals surface area contributed by atoms with Gasteiger partial charge in [0.15, 0.2) is 0 Å². The van der Waals surface area contributed by atoms with Crippen molar-refractivity contribution in [2.45, 2.75) is 10.7 Å². The van der Waals surface area contributed by atoms with Gasteiger partial charge >= 0.3 is 14.1 Å². The summed E-state index contributed by atoms with van der Waals surface area (Å²) in [6.45, 7) is 0. The van der Waals surface area contributed by atoms with Gasteiger partial charge in [-0.2, -0.15) is 0 Å². The van der Waals surface area contributed by atoms with Crippen molar-refractivity contribution in [1.29, 1.82) is 0 Å². The molecule has 0 bridgehead atoms. The third-order valence-electron chi connectivity index (χ3n) is 0.997. The Morgan fingerprint density at radius 3 is 2.44 bits per heavy atom. The van der Waals surface area contributed by atoms with Crippen LogP contribution in [0, 0.1) is 0 Å². The summed E-state index contributed by atoms with van der Waals surface area (Å²) in [6, 6.07) is 10.5. The zero-order chi connectivity index (χ0) is 6.53. The molecule has 0 fully saturated rings. The fourth-order valence-corrected chi connectivity index (χ4v) is 2.51. The molecule has 0 amide bonds. The normalized spacial score (nSPS) is 9.00. The van der Waals surface area contributed by atoms with Crippen LogP contribution in [0.1, 0.15) is 0 Å². The molecule has 0 atom stereocenters. The van der Waals surface area contributed by atoms with Crippen LogP contribution in [-0.2, 0) is 0 Å². The Morgan fingerprint density at radius 2 is 1.89 bits per heavy atom. The van der Waals surface area contributed by atoms with Crippen molar-refractivity contribution < 1.29 is 0 Å². The Kier molecular flexibility index (Phi) is 3.21. The minimum absolute atomic E-state index is 0.542. The molecule has 1 radical (unpaired) electrons. The first-order valence-corrected chi connectivity index (χ1v) is 6.38. The molecule has 0 N–H and O–H groups in total. The highest BCUT2D eigenvalue weighted by atomic mass is 32.3. The average molecular weight is 151 g/mol. The van der Waals surface area contributed by atoms with Crippen molar-refractivity contribution in [2.75, 3.05) is 0 Å². The van der Waals surface area contributed by atoms with Gasteiger partial charge in [0.05, 0.1) is 0 Å². The van der Waals surface area contributed by atoms with Crippen LogP contribution in [0.4, 0.5) is 0 Å². The summed E-state index contributed by atoms with van der Waals surface area (Å²) in [5.41, 5.74) is 0. The molecule has 0 aliphatic carbocycles. The molecule has 0 unspecified atom stereocenters. The van der Waals surface area contributed by atoms with Crippen LogP contribution in [0.25, 0.3) is 0 Å². The van der Waals surface area contributed by atoms with Gasteiger partial charge in [-0.3, -0.25) is 0 Å². The molecule has 0 spiro atoms. The molecule has 0 nitrogen and oxygen atoms in total. The molecule has 0 aromatic heterocycles. The van der Waals surface area contributed by atoms with Crippen LogP contribution in [0.3, 0.4) is 0 Å². The molecule has 0 heterocycles. The Hall–Kier alpha value is 0.102. The van der Waals surface area contributed by atoms with E-state index in [1.54, 1.807) is 0 Å². The minimum Gasteiger partial charge on any atom is -0.239 e. The SMILES string of the molecule is [CH3][Al][S]c1ccccc1. The van der Waals surface area contributed by atoms with E-state index in [-0.39, 0.29) is 0 Å². The van der Waals surface area contributed by atoms with E-state index in [1.165, 1.54) is 4.90 Å². The highest BCUT2D eigenvalue weighted by Crippen LogP contribution is 2.13. The molecule has 0 saturated heterocycles. The van der Waals surface area contributed by atoms with E-state index in [2.05, 4.69) is 36.1 Å². The second-order valence-electron chi connectivity index (χ2n) is 1.67. The maximum atomic E-state index is 2.25. The second kappa shape index (κ2) is 4.00. The van der Waals surface area contributed by atoms with Gasteiger partial charge in [-0.05, 0) is 4.90 Å². The first kappa shape index (κ1) is 7.21.